The fourth-order valence-electron chi connectivity index (χ4n) is 3.29. The first-order valence-electron chi connectivity index (χ1n) is 7.25. The molecule has 3 nitrogen and oxygen atoms in total. The van der Waals surface area contributed by atoms with Gasteiger partial charge in [0.15, 0.2) is 0 Å². The van der Waals surface area contributed by atoms with Gasteiger partial charge in [0.1, 0.15) is 6.54 Å². The number of nitrogens with zero attached hydrogens (tertiary/aromatic N) is 1. The van der Waals surface area contributed by atoms with Crippen LogP contribution in [0.3, 0.4) is 0 Å². The number of rotatable bonds is 5. The summed E-state index contributed by atoms with van der Waals surface area (Å²) >= 11 is 0. The smallest absolute Gasteiger partial charge is 0.416 e. The third-order valence-corrected chi connectivity index (χ3v) is 4.46. The van der Waals surface area contributed by atoms with Crippen LogP contribution in [0.5, 0.6) is 0 Å². The van der Waals surface area contributed by atoms with Crippen molar-refractivity contribution in [2.75, 3.05) is 13.6 Å². The van der Waals surface area contributed by atoms with E-state index >= 15 is 0 Å². The number of halogens is 5. The van der Waals surface area contributed by atoms with Crippen molar-refractivity contribution in [3.8, 4) is 0 Å². The summed E-state index contributed by atoms with van der Waals surface area (Å²) in [5.41, 5.74) is -2.24. The minimum atomic E-state index is -4.75. The number of likely N-dealkylation sites (N-methyl/N-ethyl adjacent to an activating group) is 1. The average molecular weight is 339 g/mol. The number of allylic oxidation sites excluding steroid dienone is 4. The Labute approximate surface area is 130 Å². The van der Waals surface area contributed by atoms with Crippen LogP contribution in [-0.2, 0) is 4.79 Å². The van der Waals surface area contributed by atoms with Crippen LogP contribution in [0, 0.1) is 11.8 Å². The number of aliphatic carboxylic acids is 1. The van der Waals surface area contributed by atoms with Gasteiger partial charge in [-0.2, -0.15) is 22.0 Å². The molecule has 130 valence electrons. The van der Waals surface area contributed by atoms with Crippen molar-refractivity contribution in [3.63, 3.8) is 0 Å². The van der Waals surface area contributed by atoms with Gasteiger partial charge in [-0.1, -0.05) is 12.5 Å². The van der Waals surface area contributed by atoms with Crippen molar-refractivity contribution in [2.45, 2.75) is 38.8 Å². The molecule has 0 heterocycles. The summed E-state index contributed by atoms with van der Waals surface area (Å²) in [6.07, 6.45) is -4.67. The van der Waals surface area contributed by atoms with Gasteiger partial charge in [0.25, 0.3) is 5.92 Å². The largest absolute Gasteiger partial charge is 0.480 e. The number of fused-ring (bicyclic) bond motifs is 1. The van der Waals surface area contributed by atoms with Crippen LogP contribution in [0.25, 0.3) is 0 Å². The molecule has 23 heavy (non-hydrogen) atoms. The zero-order valence-electron chi connectivity index (χ0n) is 13.0. The molecule has 0 aromatic rings. The van der Waals surface area contributed by atoms with Crippen molar-refractivity contribution >= 4 is 5.97 Å². The van der Waals surface area contributed by atoms with Gasteiger partial charge in [-0.3, -0.25) is 4.79 Å². The molecule has 2 aliphatic rings. The lowest BCUT2D eigenvalue weighted by molar-refractivity contribution is -0.138. The van der Waals surface area contributed by atoms with Crippen LogP contribution < -0.4 is 0 Å². The maximum atomic E-state index is 14.4. The molecule has 0 radical (unpaired) electrons. The van der Waals surface area contributed by atoms with Crippen LogP contribution in [0.15, 0.2) is 22.4 Å². The van der Waals surface area contributed by atoms with E-state index in [1.54, 1.807) is 0 Å². The number of carboxylic acid groups (broad SMARTS) is 1. The normalized spacial score (nSPS) is 26.8. The van der Waals surface area contributed by atoms with Crippen LogP contribution in [0.2, 0.25) is 0 Å². The van der Waals surface area contributed by atoms with Crippen molar-refractivity contribution in [1.82, 2.24) is 4.90 Å². The highest BCUT2D eigenvalue weighted by molar-refractivity contribution is 5.70. The van der Waals surface area contributed by atoms with Gasteiger partial charge in [-0.05, 0) is 31.3 Å². The van der Waals surface area contributed by atoms with Crippen LogP contribution in [-0.4, -0.2) is 41.7 Å². The molecule has 0 bridgehead atoms. The number of carboxylic acids is 1. The molecule has 0 amide bonds. The zero-order chi connectivity index (χ0) is 17.7. The van der Waals surface area contributed by atoms with Crippen LogP contribution in [0.1, 0.15) is 26.7 Å². The lowest BCUT2D eigenvalue weighted by Gasteiger charge is -2.29. The minimum Gasteiger partial charge on any atom is -0.480 e. The quantitative estimate of drug-likeness (QED) is 0.774. The van der Waals surface area contributed by atoms with Crippen molar-refractivity contribution < 1.29 is 31.9 Å². The van der Waals surface area contributed by atoms with Gasteiger partial charge in [0.05, 0.1) is 11.3 Å². The molecular formula is C15H18F5NO2. The van der Waals surface area contributed by atoms with Gasteiger partial charge in [-0.25, -0.2) is 0 Å². The highest BCUT2D eigenvalue weighted by atomic mass is 19.4. The van der Waals surface area contributed by atoms with E-state index in [4.69, 9.17) is 5.11 Å². The molecule has 1 unspecified atom stereocenters. The third-order valence-electron chi connectivity index (χ3n) is 4.46. The fraction of sp³-hybridized carbons (Fsp3) is 0.667. The molecule has 1 fully saturated rings. The topological polar surface area (TPSA) is 40.5 Å². The summed E-state index contributed by atoms with van der Waals surface area (Å²) in [5, 5.41) is 8.79. The molecular weight excluding hydrogens is 321 g/mol. The summed E-state index contributed by atoms with van der Waals surface area (Å²) in [6.45, 7) is 2.03. The molecule has 0 aromatic heterocycles. The lowest BCUT2D eigenvalue weighted by Crippen LogP contribution is -2.36. The Morgan fingerprint density at radius 3 is 2.39 bits per heavy atom. The Hall–Kier alpha value is -1.60. The summed E-state index contributed by atoms with van der Waals surface area (Å²) in [4.78, 5) is 11.5. The van der Waals surface area contributed by atoms with E-state index in [2.05, 4.69) is 0 Å². The van der Waals surface area contributed by atoms with Gasteiger partial charge in [-0.15, -0.1) is 0 Å². The summed E-state index contributed by atoms with van der Waals surface area (Å²) in [5.74, 6) is -6.82. The molecule has 0 aliphatic heterocycles. The number of hydrogen-bond donors (Lipinski definition) is 1. The van der Waals surface area contributed by atoms with Gasteiger partial charge in [0, 0.05) is 13.0 Å². The first kappa shape index (κ1) is 17.7. The predicted molar refractivity (Wildman–Crippen MR) is 72.9 cm³/mol. The van der Waals surface area contributed by atoms with E-state index in [0.717, 1.165) is 11.9 Å². The SMILES string of the molecule is CC/C(C)=C(/C1=C(N(C)CC(=O)O)C(F)(F)C2C[C@@H]12)C(F)(F)F. The van der Waals surface area contributed by atoms with Gasteiger partial charge in [0.2, 0.25) is 0 Å². The Kier molecular flexibility index (Phi) is 4.24. The predicted octanol–water partition coefficient (Wildman–Crippen LogP) is 3.83. The minimum absolute atomic E-state index is 0.00329. The molecule has 0 aromatic carbocycles. The average Bonchev–Trinajstić information content (AvgIpc) is 3.11. The van der Waals surface area contributed by atoms with E-state index in [9.17, 15) is 26.7 Å². The molecule has 2 aliphatic carbocycles. The Balaban J connectivity index is 2.65. The van der Waals surface area contributed by atoms with E-state index in [1.165, 1.54) is 13.8 Å². The van der Waals surface area contributed by atoms with E-state index in [-0.39, 0.29) is 18.4 Å². The van der Waals surface area contributed by atoms with Crippen molar-refractivity contribution in [2.24, 2.45) is 11.8 Å². The monoisotopic (exact) mass is 339 g/mol. The molecule has 1 N–H and O–H groups in total. The third kappa shape index (κ3) is 2.95. The summed E-state index contributed by atoms with van der Waals surface area (Å²) in [6, 6.07) is 0. The van der Waals surface area contributed by atoms with Crippen molar-refractivity contribution in [1.29, 1.82) is 0 Å². The molecule has 1 saturated carbocycles. The molecule has 2 rings (SSSR count). The molecule has 0 saturated heterocycles. The second-order valence-corrected chi connectivity index (χ2v) is 6.09. The highest BCUT2D eigenvalue weighted by Gasteiger charge is 2.68. The molecule has 2 atom stereocenters. The van der Waals surface area contributed by atoms with Gasteiger partial charge >= 0.3 is 12.1 Å². The lowest BCUT2D eigenvalue weighted by atomic mass is 9.94. The van der Waals surface area contributed by atoms with Gasteiger partial charge < -0.3 is 10.0 Å². The first-order valence-corrected chi connectivity index (χ1v) is 7.25. The number of carbonyl (C=O) groups is 1. The highest BCUT2D eigenvalue weighted by Crippen LogP contribution is 2.66. The molecule has 8 heteroatoms. The Morgan fingerprint density at radius 1 is 1.39 bits per heavy atom. The van der Waals surface area contributed by atoms with Crippen molar-refractivity contribution in [3.05, 3.63) is 22.4 Å². The second kappa shape index (κ2) is 5.49. The number of hydrogen-bond acceptors (Lipinski definition) is 2. The first-order chi connectivity index (χ1) is 10.4. The maximum absolute atomic E-state index is 14.4. The van der Waals surface area contributed by atoms with E-state index in [0.29, 0.717) is 0 Å². The summed E-state index contributed by atoms with van der Waals surface area (Å²) < 4.78 is 69.3. The summed E-state index contributed by atoms with van der Waals surface area (Å²) in [7, 11) is 1.09. The standard InChI is InChI=1S/C15H18F5NO2/c1-4-7(2)12(15(18,19)20)11-8-5-9(8)14(16,17)13(11)21(3)6-10(22)23/h8-9H,4-6H2,1-3H3,(H,22,23)/b12-7-/t8-,9?/m1/s1. The maximum Gasteiger partial charge on any atom is 0.416 e. The van der Waals surface area contributed by atoms with Crippen LogP contribution >= 0.6 is 0 Å². The zero-order valence-corrected chi connectivity index (χ0v) is 13.0. The molecule has 0 spiro atoms. The Morgan fingerprint density at radius 2 is 1.96 bits per heavy atom. The van der Waals surface area contributed by atoms with Crippen LogP contribution in [0.4, 0.5) is 22.0 Å². The van der Waals surface area contributed by atoms with E-state index in [1.807, 2.05) is 0 Å². The number of alkyl halides is 5. The van der Waals surface area contributed by atoms with E-state index < -0.39 is 53.3 Å². The fourth-order valence-corrected chi connectivity index (χ4v) is 3.29. The Bertz CT molecular complexity index is 591. The second-order valence-electron chi connectivity index (χ2n) is 6.09.